The number of benzene rings is 1. The molecule has 0 aliphatic carbocycles. The van der Waals surface area contributed by atoms with E-state index in [4.69, 9.17) is 0 Å². The summed E-state index contributed by atoms with van der Waals surface area (Å²) in [6, 6.07) is 5.86. The summed E-state index contributed by atoms with van der Waals surface area (Å²) in [5.74, 6) is 0. The quantitative estimate of drug-likeness (QED) is 0.863. The lowest BCUT2D eigenvalue weighted by Gasteiger charge is -2.26. The molecule has 1 aromatic carbocycles. The van der Waals surface area contributed by atoms with Gasteiger partial charge < -0.3 is 15.5 Å². The Labute approximate surface area is 131 Å². The number of anilines is 1. The van der Waals surface area contributed by atoms with Crippen LogP contribution in [0.4, 0.5) is 10.5 Å². The Morgan fingerprint density at radius 2 is 1.77 bits per heavy atom. The minimum atomic E-state index is -3.21. The second kappa shape index (κ2) is 7.60. The highest BCUT2D eigenvalue weighted by atomic mass is 32.2. The summed E-state index contributed by atoms with van der Waals surface area (Å²) in [5, 5.41) is 5.51. The number of hydrogen-bond donors (Lipinski definition) is 2. The summed E-state index contributed by atoms with van der Waals surface area (Å²) in [4.78, 5) is 14.4. The van der Waals surface area contributed by atoms with Gasteiger partial charge in [0, 0.05) is 25.0 Å². The van der Waals surface area contributed by atoms with Crippen LogP contribution in [0.5, 0.6) is 0 Å². The molecule has 2 amide bonds. The van der Waals surface area contributed by atoms with Gasteiger partial charge in [-0.2, -0.15) is 0 Å². The van der Waals surface area contributed by atoms with Gasteiger partial charge in [0.05, 0.1) is 4.90 Å². The maximum absolute atomic E-state index is 11.8. The van der Waals surface area contributed by atoms with Crippen LogP contribution in [0.2, 0.25) is 0 Å². The number of nitrogens with one attached hydrogen (secondary N) is 2. The fourth-order valence-electron chi connectivity index (χ4n) is 2.47. The van der Waals surface area contributed by atoms with E-state index in [2.05, 4.69) is 15.5 Å². The van der Waals surface area contributed by atoms with Crippen LogP contribution in [0, 0.1) is 0 Å². The van der Waals surface area contributed by atoms with Crippen LogP contribution in [0.1, 0.15) is 19.3 Å². The van der Waals surface area contributed by atoms with Crippen molar-refractivity contribution in [3.05, 3.63) is 24.3 Å². The summed E-state index contributed by atoms with van der Waals surface area (Å²) in [5.41, 5.74) is 0.572. The monoisotopic (exact) mass is 325 g/mol. The van der Waals surface area contributed by atoms with E-state index in [1.165, 1.54) is 31.4 Å². The third kappa shape index (κ3) is 5.31. The summed E-state index contributed by atoms with van der Waals surface area (Å²) in [6.45, 7) is 3.68. The van der Waals surface area contributed by atoms with Gasteiger partial charge >= 0.3 is 6.03 Å². The van der Waals surface area contributed by atoms with Gasteiger partial charge in [0.15, 0.2) is 9.84 Å². The molecule has 1 heterocycles. The van der Waals surface area contributed by atoms with Crippen molar-refractivity contribution < 1.29 is 13.2 Å². The molecule has 1 saturated heterocycles. The summed E-state index contributed by atoms with van der Waals surface area (Å²) >= 11 is 0. The largest absolute Gasteiger partial charge is 0.337 e. The predicted octanol–water partition coefficient (Wildman–Crippen LogP) is 1.70. The van der Waals surface area contributed by atoms with E-state index in [0.717, 1.165) is 25.9 Å². The van der Waals surface area contributed by atoms with Crippen molar-refractivity contribution in [1.82, 2.24) is 10.2 Å². The summed E-state index contributed by atoms with van der Waals surface area (Å²) < 4.78 is 22.7. The van der Waals surface area contributed by atoms with Gasteiger partial charge in [-0.3, -0.25) is 0 Å². The van der Waals surface area contributed by atoms with Crippen LogP contribution in [0.15, 0.2) is 29.2 Å². The fourth-order valence-corrected chi connectivity index (χ4v) is 3.10. The molecule has 0 saturated carbocycles. The highest BCUT2D eigenvalue weighted by Gasteiger charge is 2.10. The first-order valence-corrected chi connectivity index (χ1v) is 9.41. The smallest absolute Gasteiger partial charge is 0.319 e. The van der Waals surface area contributed by atoms with Gasteiger partial charge in [-0.25, -0.2) is 13.2 Å². The summed E-state index contributed by atoms with van der Waals surface area (Å²) in [6.07, 6.45) is 4.92. The number of likely N-dealkylation sites (tertiary alicyclic amines) is 1. The molecule has 0 aromatic heterocycles. The third-order valence-electron chi connectivity index (χ3n) is 3.70. The van der Waals surface area contributed by atoms with Crippen molar-refractivity contribution in [2.45, 2.75) is 24.2 Å². The first-order valence-electron chi connectivity index (χ1n) is 7.52. The van der Waals surface area contributed by atoms with Crippen molar-refractivity contribution in [1.29, 1.82) is 0 Å². The minimum Gasteiger partial charge on any atom is -0.337 e. The van der Waals surface area contributed by atoms with Crippen LogP contribution >= 0.6 is 0 Å². The molecule has 0 atom stereocenters. The molecule has 7 heteroatoms. The predicted molar refractivity (Wildman–Crippen MR) is 86.9 cm³/mol. The highest BCUT2D eigenvalue weighted by molar-refractivity contribution is 7.90. The molecule has 6 nitrogen and oxygen atoms in total. The van der Waals surface area contributed by atoms with E-state index in [1.807, 2.05) is 0 Å². The number of amides is 2. The lowest BCUT2D eigenvalue weighted by Crippen LogP contribution is -2.39. The molecule has 1 fully saturated rings. The van der Waals surface area contributed by atoms with E-state index >= 15 is 0 Å². The highest BCUT2D eigenvalue weighted by Crippen LogP contribution is 2.13. The van der Waals surface area contributed by atoms with Crippen molar-refractivity contribution in [3.63, 3.8) is 0 Å². The van der Waals surface area contributed by atoms with Crippen molar-refractivity contribution in [3.8, 4) is 0 Å². The standard InChI is InChI=1S/C15H23N3O3S/c1-22(20,21)14-7-5-13(6-8-14)17-15(19)16-9-12-18-10-3-2-4-11-18/h5-8H,2-4,9-12H2,1H3,(H2,16,17,19). The van der Waals surface area contributed by atoms with E-state index < -0.39 is 9.84 Å². The topological polar surface area (TPSA) is 78.5 Å². The number of hydrogen-bond acceptors (Lipinski definition) is 4. The number of piperidine rings is 1. The zero-order chi connectivity index (χ0) is 16.0. The van der Waals surface area contributed by atoms with Crippen LogP contribution in [-0.4, -0.2) is 51.8 Å². The first kappa shape index (κ1) is 16.8. The van der Waals surface area contributed by atoms with E-state index in [-0.39, 0.29) is 10.9 Å². The van der Waals surface area contributed by atoms with E-state index in [1.54, 1.807) is 12.1 Å². The lowest BCUT2D eigenvalue weighted by atomic mass is 10.1. The Kier molecular flexibility index (Phi) is 5.79. The number of nitrogens with zero attached hydrogens (tertiary/aromatic N) is 1. The molecular weight excluding hydrogens is 302 g/mol. The van der Waals surface area contributed by atoms with Crippen LogP contribution in [0.25, 0.3) is 0 Å². The fraction of sp³-hybridized carbons (Fsp3) is 0.533. The molecule has 2 rings (SSSR count). The van der Waals surface area contributed by atoms with E-state index in [9.17, 15) is 13.2 Å². The third-order valence-corrected chi connectivity index (χ3v) is 4.83. The van der Waals surface area contributed by atoms with Crippen LogP contribution < -0.4 is 10.6 Å². The number of urea groups is 1. The van der Waals surface area contributed by atoms with Crippen molar-refractivity contribution >= 4 is 21.6 Å². The Morgan fingerprint density at radius 3 is 2.36 bits per heavy atom. The maximum Gasteiger partial charge on any atom is 0.319 e. The normalized spacial score (nSPS) is 16.2. The minimum absolute atomic E-state index is 0.239. The Morgan fingerprint density at radius 1 is 1.14 bits per heavy atom. The second-order valence-electron chi connectivity index (χ2n) is 5.58. The number of rotatable bonds is 5. The molecule has 22 heavy (non-hydrogen) atoms. The molecule has 122 valence electrons. The molecule has 0 radical (unpaired) electrons. The Balaban J connectivity index is 1.74. The average molecular weight is 325 g/mol. The van der Waals surface area contributed by atoms with Gasteiger partial charge in [-0.05, 0) is 50.2 Å². The molecular formula is C15H23N3O3S. The lowest BCUT2D eigenvalue weighted by molar-refractivity contribution is 0.224. The van der Waals surface area contributed by atoms with Crippen molar-refractivity contribution in [2.75, 3.05) is 37.8 Å². The maximum atomic E-state index is 11.8. The molecule has 0 bridgehead atoms. The van der Waals surface area contributed by atoms with Crippen LogP contribution in [-0.2, 0) is 9.84 Å². The van der Waals surface area contributed by atoms with Crippen molar-refractivity contribution in [2.24, 2.45) is 0 Å². The van der Waals surface area contributed by atoms with Gasteiger partial charge in [0.1, 0.15) is 0 Å². The Bertz CT molecular complexity index is 593. The molecule has 0 spiro atoms. The van der Waals surface area contributed by atoms with Gasteiger partial charge in [0.2, 0.25) is 0 Å². The number of sulfone groups is 1. The van der Waals surface area contributed by atoms with Crippen LogP contribution in [0.3, 0.4) is 0 Å². The number of carbonyl (C=O) groups is 1. The zero-order valence-electron chi connectivity index (χ0n) is 12.8. The van der Waals surface area contributed by atoms with Gasteiger partial charge in [0.25, 0.3) is 0 Å². The Hall–Kier alpha value is -1.60. The number of carbonyl (C=O) groups excluding carboxylic acids is 1. The van der Waals surface area contributed by atoms with Gasteiger partial charge in [-0.15, -0.1) is 0 Å². The molecule has 1 aliphatic rings. The van der Waals surface area contributed by atoms with E-state index in [0.29, 0.717) is 12.2 Å². The zero-order valence-corrected chi connectivity index (χ0v) is 13.7. The first-order chi connectivity index (χ1) is 10.4. The SMILES string of the molecule is CS(=O)(=O)c1ccc(NC(=O)NCCN2CCCCC2)cc1. The molecule has 1 aliphatic heterocycles. The summed E-state index contributed by atoms with van der Waals surface area (Å²) in [7, 11) is -3.21. The average Bonchev–Trinajstić information content (AvgIpc) is 2.48. The molecule has 0 unspecified atom stereocenters. The molecule has 1 aromatic rings. The molecule has 2 N–H and O–H groups in total. The van der Waals surface area contributed by atoms with Gasteiger partial charge in [-0.1, -0.05) is 6.42 Å². The second-order valence-corrected chi connectivity index (χ2v) is 7.60.